The minimum absolute atomic E-state index is 0.00224. The number of anilines is 1. The monoisotopic (exact) mass is 374 g/mol. The summed E-state index contributed by atoms with van der Waals surface area (Å²) >= 11 is 0. The molecule has 8 heteroatoms. The van der Waals surface area contributed by atoms with Gasteiger partial charge in [-0.1, -0.05) is 37.4 Å². The largest absolute Gasteiger partial charge is 0.458 e. The Morgan fingerprint density at radius 3 is 2.56 bits per heavy atom. The van der Waals surface area contributed by atoms with E-state index in [1.165, 1.54) is 18.2 Å². The van der Waals surface area contributed by atoms with Gasteiger partial charge in [0.05, 0.1) is 23.9 Å². The molecular formula is C19H22N2O6. The van der Waals surface area contributed by atoms with Crippen LogP contribution in [0.1, 0.15) is 16.8 Å². The van der Waals surface area contributed by atoms with Gasteiger partial charge in [-0.3, -0.25) is 9.69 Å². The van der Waals surface area contributed by atoms with E-state index < -0.39 is 30.1 Å². The van der Waals surface area contributed by atoms with Gasteiger partial charge in [-0.25, -0.2) is 9.59 Å². The van der Waals surface area contributed by atoms with Crippen LogP contribution in [0.2, 0.25) is 0 Å². The number of carbonyl (C=O) groups excluding carboxylic acids is 3. The summed E-state index contributed by atoms with van der Waals surface area (Å²) in [5, 5.41) is 12.5. The number of rotatable bonds is 7. The van der Waals surface area contributed by atoms with Crippen LogP contribution in [0.25, 0.3) is 0 Å². The minimum atomic E-state index is -0.922. The van der Waals surface area contributed by atoms with E-state index in [0.717, 1.165) is 4.90 Å². The van der Waals surface area contributed by atoms with E-state index in [0.29, 0.717) is 0 Å². The molecule has 1 aromatic rings. The van der Waals surface area contributed by atoms with Gasteiger partial charge in [-0.2, -0.15) is 0 Å². The summed E-state index contributed by atoms with van der Waals surface area (Å²) in [6.45, 7) is 6.96. The standard InChI is InChI=1S/C19H22N2O6/c1-3-9-26-18(24)14-7-5-6-8-15(14)20-17(23)16-11-13(22)12-21(16)19(25)27-10-4-2/h3-8,13,16,22H,1-2,9-12H2,(H,20,23)/t13-,16+/m1/s1. The molecule has 8 nitrogen and oxygen atoms in total. The molecule has 1 aromatic carbocycles. The number of ether oxygens (including phenoxy) is 2. The van der Waals surface area contributed by atoms with E-state index in [1.807, 2.05) is 0 Å². The number of aliphatic hydroxyl groups excluding tert-OH is 1. The van der Waals surface area contributed by atoms with Gasteiger partial charge in [0, 0.05) is 6.42 Å². The quantitative estimate of drug-likeness (QED) is 0.556. The number of hydrogen-bond donors (Lipinski definition) is 2. The summed E-state index contributed by atoms with van der Waals surface area (Å²) in [6, 6.07) is 5.43. The van der Waals surface area contributed by atoms with Gasteiger partial charge in [0.25, 0.3) is 0 Å². The number of β-amino-alcohol motifs (C(OH)–C–C–N with tert-alkyl or cyclic N) is 1. The molecule has 2 atom stereocenters. The highest BCUT2D eigenvalue weighted by atomic mass is 16.6. The Hall–Kier alpha value is -3.13. The van der Waals surface area contributed by atoms with Crippen LogP contribution in [-0.2, 0) is 14.3 Å². The van der Waals surface area contributed by atoms with Gasteiger partial charge in [0.15, 0.2) is 0 Å². The third-order valence-corrected chi connectivity index (χ3v) is 3.88. The van der Waals surface area contributed by atoms with Crippen molar-refractivity contribution in [1.29, 1.82) is 0 Å². The number of aliphatic hydroxyl groups is 1. The number of nitrogens with zero attached hydrogens (tertiary/aromatic N) is 1. The predicted molar refractivity (Wildman–Crippen MR) is 98.2 cm³/mol. The van der Waals surface area contributed by atoms with E-state index in [2.05, 4.69) is 18.5 Å². The lowest BCUT2D eigenvalue weighted by molar-refractivity contribution is -0.120. The Morgan fingerprint density at radius 1 is 1.19 bits per heavy atom. The number of carbonyl (C=O) groups is 3. The van der Waals surface area contributed by atoms with Crippen molar-refractivity contribution in [1.82, 2.24) is 4.90 Å². The second-order valence-electron chi connectivity index (χ2n) is 5.85. The Kier molecular flexibility index (Phi) is 7.13. The maximum absolute atomic E-state index is 12.7. The SMILES string of the molecule is C=CCOC(=O)c1ccccc1NC(=O)[C@@H]1C[C@@H](O)CN1C(=O)OCC=C. The van der Waals surface area contributed by atoms with Gasteiger partial charge < -0.3 is 19.9 Å². The molecule has 0 aromatic heterocycles. The number of nitrogens with one attached hydrogen (secondary N) is 1. The average Bonchev–Trinajstić information content (AvgIpc) is 3.06. The van der Waals surface area contributed by atoms with Crippen molar-refractivity contribution < 1.29 is 29.0 Å². The molecule has 27 heavy (non-hydrogen) atoms. The minimum Gasteiger partial charge on any atom is -0.458 e. The molecule has 0 spiro atoms. The van der Waals surface area contributed by atoms with Crippen LogP contribution in [-0.4, -0.2) is 59.9 Å². The van der Waals surface area contributed by atoms with Crippen LogP contribution in [0.3, 0.4) is 0 Å². The lowest BCUT2D eigenvalue weighted by Crippen LogP contribution is -2.43. The highest BCUT2D eigenvalue weighted by molar-refractivity contribution is 6.03. The van der Waals surface area contributed by atoms with Crippen LogP contribution in [0.4, 0.5) is 10.5 Å². The fourth-order valence-electron chi connectivity index (χ4n) is 2.68. The second kappa shape index (κ2) is 9.54. The zero-order valence-corrected chi connectivity index (χ0v) is 14.8. The van der Waals surface area contributed by atoms with Crippen molar-refractivity contribution in [3.05, 3.63) is 55.1 Å². The zero-order chi connectivity index (χ0) is 19.8. The normalized spacial score (nSPS) is 18.5. The summed E-state index contributed by atoms with van der Waals surface area (Å²) in [6.07, 6.45) is 1.35. The molecule has 0 aliphatic carbocycles. The molecule has 0 saturated carbocycles. The van der Waals surface area contributed by atoms with Crippen molar-refractivity contribution in [3.8, 4) is 0 Å². The van der Waals surface area contributed by atoms with Gasteiger partial charge >= 0.3 is 12.1 Å². The Labute approximate surface area is 157 Å². The van der Waals surface area contributed by atoms with Gasteiger partial charge in [-0.05, 0) is 12.1 Å². The van der Waals surface area contributed by atoms with Crippen molar-refractivity contribution >= 4 is 23.7 Å². The smallest absolute Gasteiger partial charge is 0.410 e. The molecule has 2 N–H and O–H groups in total. The lowest BCUT2D eigenvalue weighted by atomic mass is 10.1. The first kappa shape index (κ1) is 20.2. The summed E-state index contributed by atoms with van der Waals surface area (Å²) in [5.41, 5.74) is 0.421. The number of hydrogen-bond acceptors (Lipinski definition) is 6. The van der Waals surface area contributed by atoms with Gasteiger partial charge in [0.2, 0.25) is 5.91 Å². The first-order valence-electron chi connectivity index (χ1n) is 8.38. The lowest BCUT2D eigenvalue weighted by Gasteiger charge is -2.23. The van der Waals surface area contributed by atoms with Crippen LogP contribution in [0.15, 0.2) is 49.6 Å². The number of likely N-dealkylation sites (tertiary alicyclic amines) is 1. The van der Waals surface area contributed by atoms with Crippen molar-refractivity contribution in [3.63, 3.8) is 0 Å². The maximum atomic E-state index is 12.7. The first-order valence-corrected chi connectivity index (χ1v) is 8.38. The van der Waals surface area contributed by atoms with Crippen LogP contribution < -0.4 is 5.32 Å². The van der Waals surface area contributed by atoms with Crippen LogP contribution in [0, 0.1) is 0 Å². The average molecular weight is 374 g/mol. The number of amides is 2. The molecule has 2 rings (SSSR count). The molecule has 1 aliphatic rings. The fourth-order valence-corrected chi connectivity index (χ4v) is 2.68. The molecule has 0 radical (unpaired) electrons. The highest BCUT2D eigenvalue weighted by Gasteiger charge is 2.40. The Balaban J connectivity index is 2.13. The van der Waals surface area contributed by atoms with E-state index in [-0.39, 0.29) is 37.4 Å². The molecule has 0 bridgehead atoms. The van der Waals surface area contributed by atoms with E-state index in [9.17, 15) is 19.5 Å². The zero-order valence-electron chi connectivity index (χ0n) is 14.8. The molecule has 1 aliphatic heterocycles. The first-order chi connectivity index (χ1) is 13.0. The fraction of sp³-hybridized carbons (Fsp3) is 0.316. The van der Waals surface area contributed by atoms with E-state index in [1.54, 1.807) is 18.2 Å². The number of benzene rings is 1. The third-order valence-electron chi connectivity index (χ3n) is 3.88. The van der Waals surface area contributed by atoms with E-state index in [4.69, 9.17) is 9.47 Å². The Bertz CT molecular complexity index is 733. The van der Waals surface area contributed by atoms with Gasteiger partial charge in [0.1, 0.15) is 19.3 Å². The summed E-state index contributed by atoms with van der Waals surface area (Å²) < 4.78 is 9.96. The summed E-state index contributed by atoms with van der Waals surface area (Å²) in [7, 11) is 0. The number of esters is 1. The van der Waals surface area contributed by atoms with Crippen molar-refractivity contribution in [2.75, 3.05) is 25.1 Å². The van der Waals surface area contributed by atoms with E-state index >= 15 is 0 Å². The van der Waals surface area contributed by atoms with Crippen LogP contribution >= 0.6 is 0 Å². The van der Waals surface area contributed by atoms with Crippen LogP contribution in [0.5, 0.6) is 0 Å². The highest BCUT2D eigenvalue weighted by Crippen LogP contribution is 2.22. The number of para-hydroxylation sites is 1. The molecule has 2 amide bonds. The summed E-state index contributed by atoms with van der Waals surface area (Å²) in [5.74, 6) is -1.15. The summed E-state index contributed by atoms with van der Waals surface area (Å²) in [4.78, 5) is 38.0. The molecule has 144 valence electrons. The second-order valence-corrected chi connectivity index (χ2v) is 5.85. The third kappa shape index (κ3) is 5.18. The van der Waals surface area contributed by atoms with Crippen molar-refractivity contribution in [2.45, 2.75) is 18.6 Å². The Morgan fingerprint density at radius 2 is 1.85 bits per heavy atom. The van der Waals surface area contributed by atoms with Gasteiger partial charge in [-0.15, -0.1) is 0 Å². The molecular weight excluding hydrogens is 352 g/mol. The topological polar surface area (TPSA) is 105 Å². The molecule has 1 fully saturated rings. The molecule has 0 unspecified atom stereocenters. The molecule has 1 heterocycles. The predicted octanol–water partition coefficient (Wildman–Crippen LogP) is 1.73. The maximum Gasteiger partial charge on any atom is 0.410 e. The van der Waals surface area contributed by atoms with Crippen molar-refractivity contribution in [2.24, 2.45) is 0 Å². The molecule has 1 saturated heterocycles.